The molecule has 0 spiro atoms. The number of H-pyrrole nitrogens is 1. The molecule has 0 unspecified atom stereocenters. The molecule has 36 heavy (non-hydrogen) atoms. The fourth-order valence-electron chi connectivity index (χ4n) is 4.08. The molecule has 0 bridgehead atoms. The summed E-state index contributed by atoms with van der Waals surface area (Å²) in [6.45, 7) is 3.19. The van der Waals surface area contributed by atoms with Gasteiger partial charge in [-0.05, 0) is 72.1 Å². The van der Waals surface area contributed by atoms with Gasteiger partial charge in [-0.3, -0.25) is 9.78 Å². The van der Waals surface area contributed by atoms with Crippen LogP contribution in [0.2, 0.25) is 0 Å². The van der Waals surface area contributed by atoms with Gasteiger partial charge < -0.3 is 19.1 Å². The standard InChI is InChI=1S/C28H26N2O5S/c1-2-6-19-17-20(25-22-7-3-4-8-24(22)35-30-25)11-14-23(19)34-16-5-15-33-21-12-9-18(10-13-21)26-27(31)29-28(32)36-26/h3-4,7-14,17,31H,2,5-6,15-16H2,1H3,(H,29,32). The van der Waals surface area contributed by atoms with Crippen molar-refractivity contribution in [2.24, 2.45) is 0 Å². The molecule has 0 saturated heterocycles. The Morgan fingerprint density at radius 1 is 1.00 bits per heavy atom. The van der Waals surface area contributed by atoms with Crippen LogP contribution in [0, 0.1) is 0 Å². The molecule has 184 valence electrons. The summed E-state index contributed by atoms with van der Waals surface area (Å²) in [5, 5.41) is 15.1. The first-order chi connectivity index (χ1) is 17.6. The first-order valence-corrected chi connectivity index (χ1v) is 12.7. The molecule has 0 fully saturated rings. The van der Waals surface area contributed by atoms with Gasteiger partial charge in [-0.15, -0.1) is 0 Å². The number of aromatic amines is 1. The number of nitrogens with zero attached hydrogens (tertiary/aromatic N) is 1. The summed E-state index contributed by atoms with van der Waals surface area (Å²) in [6, 6.07) is 21.3. The molecule has 0 radical (unpaired) electrons. The third kappa shape index (κ3) is 5.13. The number of ether oxygens (including phenoxy) is 2. The zero-order valence-electron chi connectivity index (χ0n) is 19.8. The van der Waals surface area contributed by atoms with E-state index in [4.69, 9.17) is 14.0 Å². The number of rotatable bonds is 10. The summed E-state index contributed by atoms with van der Waals surface area (Å²) in [4.78, 5) is 14.0. The second kappa shape index (κ2) is 10.7. The van der Waals surface area contributed by atoms with Crippen molar-refractivity contribution in [3.8, 4) is 39.1 Å². The average Bonchev–Trinajstić information content (AvgIpc) is 3.47. The molecular formula is C28H26N2O5S. The predicted octanol–water partition coefficient (Wildman–Crippen LogP) is 6.42. The Kier molecular flexibility index (Phi) is 7.04. The number of hydrogen-bond donors (Lipinski definition) is 2. The first-order valence-electron chi connectivity index (χ1n) is 11.9. The van der Waals surface area contributed by atoms with Crippen LogP contribution < -0.4 is 14.3 Å². The van der Waals surface area contributed by atoms with Crippen molar-refractivity contribution >= 4 is 22.3 Å². The summed E-state index contributed by atoms with van der Waals surface area (Å²) in [5.74, 6) is 1.49. The van der Waals surface area contributed by atoms with Crippen LogP contribution in [0.1, 0.15) is 25.3 Å². The van der Waals surface area contributed by atoms with Crippen molar-refractivity contribution in [3.05, 3.63) is 82.0 Å². The Morgan fingerprint density at radius 2 is 1.78 bits per heavy atom. The summed E-state index contributed by atoms with van der Waals surface area (Å²) in [6.07, 6.45) is 2.65. The van der Waals surface area contributed by atoms with Gasteiger partial charge in [0.15, 0.2) is 5.58 Å². The lowest BCUT2D eigenvalue weighted by Crippen LogP contribution is -2.06. The minimum atomic E-state index is -0.286. The molecular weight excluding hydrogens is 476 g/mol. The van der Waals surface area contributed by atoms with Crippen LogP contribution in [-0.2, 0) is 6.42 Å². The number of nitrogens with one attached hydrogen (secondary N) is 1. The summed E-state index contributed by atoms with van der Waals surface area (Å²) >= 11 is 0.974. The van der Waals surface area contributed by atoms with Crippen LogP contribution in [0.5, 0.6) is 17.4 Å². The van der Waals surface area contributed by atoms with Gasteiger partial charge in [-0.1, -0.05) is 42.0 Å². The van der Waals surface area contributed by atoms with Crippen molar-refractivity contribution in [1.82, 2.24) is 10.1 Å². The van der Waals surface area contributed by atoms with E-state index in [-0.39, 0.29) is 10.8 Å². The number of fused-ring (bicyclic) bond motifs is 1. The van der Waals surface area contributed by atoms with E-state index >= 15 is 0 Å². The highest BCUT2D eigenvalue weighted by molar-refractivity contribution is 7.13. The molecule has 2 heterocycles. The van der Waals surface area contributed by atoms with Crippen LogP contribution in [-0.4, -0.2) is 28.5 Å². The van der Waals surface area contributed by atoms with Crippen LogP contribution in [0.25, 0.3) is 32.7 Å². The molecule has 5 rings (SSSR count). The topological polar surface area (TPSA) is 97.6 Å². The van der Waals surface area contributed by atoms with Crippen molar-refractivity contribution in [3.63, 3.8) is 0 Å². The predicted molar refractivity (Wildman–Crippen MR) is 141 cm³/mol. The average molecular weight is 503 g/mol. The van der Waals surface area contributed by atoms with Gasteiger partial charge in [0.05, 0.1) is 18.1 Å². The fraction of sp³-hybridized carbons (Fsp3) is 0.214. The van der Waals surface area contributed by atoms with E-state index in [2.05, 4.69) is 23.1 Å². The Bertz CT molecular complexity index is 1520. The third-order valence-electron chi connectivity index (χ3n) is 5.79. The van der Waals surface area contributed by atoms with Crippen molar-refractivity contribution in [1.29, 1.82) is 0 Å². The number of hydrogen-bond acceptors (Lipinski definition) is 7. The van der Waals surface area contributed by atoms with Gasteiger partial charge in [-0.2, -0.15) is 0 Å². The maximum absolute atomic E-state index is 11.4. The second-order valence-electron chi connectivity index (χ2n) is 8.37. The molecule has 2 aromatic heterocycles. The number of benzene rings is 3. The number of aromatic hydroxyl groups is 1. The highest BCUT2D eigenvalue weighted by atomic mass is 32.1. The maximum atomic E-state index is 11.4. The SMILES string of the molecule is CCCc1cc(-c2noc3ccccc23)ccc1OCCCOc1ccc(-c2sc(=O)[nH]c2O)cc1. The Morgan fingerprint density at radius 3 is 2.56 bits per heavy atom. The number of aromatic nitrogens is 2. The van der Waals surface area contributed by atoms with Crippen LogP contribution >= 0.6 is 11.3 Å². The van der Waals surface area contributed by atoms with E-state index in [1.807, 2.05) is 60.7 Å². The lowest BCUT2D eigenvalue weighted by molar-refractivity contribution is 0.246. The largest absolute Gasteiger partial charge is 0.493 e. The molecule has 0 aliphatic rings. The molecule has 0 aliphatic heterocycles. The summed E-state index contributed by atoms with van der Waals surface area (Å²) in [5.41, 5.74) is 4.54. The van der Waals surface area contributed by atoms with E-state index in [9.17, 15) is 9.90 Å². The lowest BCUT2D eigenvalue weighted by Gasteiger charge is -2.13. The van der Waals surface area contributed by atoms with E-state index in [1.165, 1.54) is 0 Å². The molecule has 0 saturated carbocycles. The lowest BCUT2D eigenvalue weighted by atomic mass is 10.0. The van der Waals surface area contributed by atoms with Crippen molar-refractivity contribution in [2.75, 3.05) is 13.2 Å². The minimum Gasteiger partial charge on any atom is -0.493 e. The highest BCUT2D eigenvalue weighted by Crippen LogP contribution is 2.33. The number of thiazole rings is 1. The van der Waals surface area contributed by atoms with Crippen molar-refractivity contribution < 1.29 is 19.1 Å². The van der Waals surface area contributed by atoms with Crippen LogP contribution in [0.3, 0.4) is 0 Å². The maximum Gasteiger partial charge on any atom is 0.307 e. The zero-order chi connectivity index (χ0) is 24.9. The van der Waals surface area contributed by atoms with Gasteiger partial charge >= 0.3 is 4.87 Å². The van der Waals surface area contributed by atoms with E-state index in [1.54, 1.807) is 0 Å². The zero-order valence-corrected chi connectivity index (χ0v) is 20.6. The molecule has 5 aromatic rings. The van der Waals surface area contributed by atoms with Gasteiger partial charge in [0, 0.05) is 17.4 Å². The molecule has 8 heteroatoms. The Balaban J connectivity index is 1.17. The number of aryl methyl sites for hydroxylation is 1. The first kappa shape index (κ1) is 23.7. The molecule has 7 nitrogen and oxygen atoms in total. The second-order valence-corrected chi connectivity index (χ2v) is 9.35. The highest BCUT2D eigenvalue weighted by Gasteiger charge is 2.13. The van der Waals surface area contributed by atoms with Gasteiger partial charge in [0.2, 0.25) is 5.88 Å². The molecule has 0 atom stereocenters. The Labute approximate surface area is 211 Å². The molecule has 0 amide bonds. The monoisotopic (exact) mass is 502 g/mol. The minimum absolute atomic E-state index is 0.110. The van der Waals surface area contributed by atoms with Gasteiger partial charge in [0.25, 0.3) is 0 Å². The van der Waals surface area contributed by atoms with E-state index in [0.717, 1.165) is 75.5 Å². The fourth-order valence-corrected chi connectivity index (χ4v) is 4.81. The van der Waals surface area contributed by atoms with Crippen LogP contribution in [0.15, 0.2) is 76.0 Å². The van der Waals surface area contributed by atoms with E-state index < -0.39 is 0 Å². The molecule has 2 N–H and O–H groups in total. The smallest absolute Gasteiger partial charge is 0.307 e. The Hall–Kier alpha value is -4.04. The summed E-state index contributed by atoms with van der Waals surface area (Å²) in [7, 11) is 0. The van der Waals surface area contributed by atoms with Gasteiger partial charge in [-0.25, -0.2) is 0 Å². The van der Waals surface area contributed by atoms with Crippen molar-refractivity contribution in [2.45, 2.75) is 26.2 Å². The molecule has 0 aliphatic carbocycles. The van der Waals surface area contributed by atoms with Gasteiger partial charge in [0.1, 0.15) is 17.2 Å². The quantitative estimate of drug-likeness (QED) is 0.214. The third-order valence-corrected chi connectivity index (χ3v) is 6.71. The molecule has 3 aromatic carbocycles. The van der Waals surface area contributed by atoms with E-state index in [0.29, 0.717) is 18.1 Å². The summed E-state index contributed by atoms with van der Waals surface area (Å²) < 4.78 is 17.4. The normalized spacial score (nSPS) is 11.1. The number of para-hydroxylation sites is 1. The van der Waals surface area contributed by atoms with Crippen LogP contribution in [0.4, 0.5) is 0 Å².